The summed E-state index contributed by atoms with van der Waals surface area (Å²) in [5.74, 6) is 0.973. The number of aliphatic hydroxyl groups is 1. The molecule has 2 aromatic heterocycles. The summed E-state index contributed by atoms with van der Waals surface area (Å²) in [4.78, 5) is 24.5. The van der Waals surface area contributed by atoms with Crippen LogP contribution < -0.4 is 11.1 Å². The maximum Gasteiger partial charge on any atom is 0.249 e. The number of unbranched alkanes of at least 4 members (excludes halogenated alkanes) is 1. The lowest BCUT2D eigenvalue weighted by molar-refractivity contribution is 0.100. The number of primary amides is 1. The summed E-state index contributed by atoms with van der Waals surface area (Å²) in [6.45, 7) is 5.51. The number of nitrogens with one attached hydrogen (secondary N) is 1. The maximum absolute atomic E-state index is 12.0. The fourth-order valence-corrected chi connectivity index (χ4v) is 4.97. The highest BCUT2D eigenvalue weighted by atomic mass is 16.3. The van der Waals surface area contributed by atoms with Crippen molar-refractivity contribution in [3.63, 3.8) is 0 Å². The normalized spacial score (nSPS) is 13.6. The Labute approximate surface area is 210 Å². The minimum Gasteiger partial charge on any atom is -0.396 e. The molecule has 36 heavy (non-hydrogen) atoms. The van der Waals surface area contributed by atoms with E-state index in [4.69, 9.17) is 20.8 Å². The molecule has 1 aliphatic rings. The summed E-state index contributed by atoms with van der Waals surface area (Å²) in [6.07, 6.45) is 2.61. The van der Waals surface area contributed by atoms with Crippen LogP contribution in [0.3, 0.4) is 0 Å². The number of hydrogen-bond acceptors (Lipinski definition) is 6. The Morgan fingerprint density at radius 1 is 1.11 bits per heavy atom. The zero-order valence-corrected chi connectivity index (χ0v) is 20.6. The summed E-state index contributed by atoms with van der Waals surface area (Å²) in [7, 11) is 0. The molecular formula is C28H32N6O2. The smallest absolute Gasteiger partial charge is 0.249 e. The van der Waals surface area contributed by atoms with Crippen molar-refractivity contribution in [1.29, 1.82) is 0 Å². The molecule has 2 aromatic carbocycles. The monoisotopic (exact) mass is 484 g/mol. The number of nitrogens with zero attached hydrogens (tertiary/aromatic N) is 4. The van der Waals surface area contributed by atoms with Crippen LogP contribution in [-0.4, -0.2) is 50.1 Å². The molecule has 186 valence electrons. The number of aryl methyl sites for hydroxylation is 1. The molecule has 0 radical (unpaired) electrons. The number of anilines is 1. The molecule has 0 fully saturated rings. The van der Waals surface area contributed by atoms with Gasteiger partial charge in [0, 0.05) is 54.9 Å². The minimum absolute atomic E-state index is 0.225. The Hall–Kier alpha value is -3.75. The van der Waals surface area contributed by atoms with Crippen molar-refractivity contribution >= 4 is 22.6 Å². The van der Waals surface area contributed by atoms with Gasteiger partial charge >= 0.3 is 0 Å². The zero-order chi connectivity index (χ0) is 25.1. The summed E-state index contributed by atoms with van der Waals surface area (Å²) >= 11 is 0. The molecule has 4 N–H and O–H groups in total. The van der Waals surface area contributed by atoms with E-state index in [1.54, 1.807) is 6.07 Å². The van der Waals surface area contributed by atoms with Crippen LogP contribution in [0.1, 0.15) is 45.7 Å². The Morgan fingerprint density at radius 2 is 1.94 bits per heavy atom. The SMILES string of the molecule is Cc1cc2c(C(N)=O)cccc2n1-c1nc2c(c(NCc3ccccc3)n1)CN(CCCCO)CC2. The predicted octanol–water partition coefficient (Wildman–Crippen LogP) is 3.57. The van der Waals surface area contributed by atoms with Crippen molar-refractivity contribution in [3.8, 4) is 5.95 Å². The van der Waals surface area contributed by atoms with Crippen molar-refractivity contribution < 1.29 is 9.90 Å². The number of hydrogen-bond donors (Lipinski definition) is 3. The van der Waals surface area contributed by atoms with Gasteiger partial charge in [-0.1, -0.05) is 36.4 Å². The van der Waals surface area contributed by atoms with E-state index in [0.717, 1.165) is 72.6 Å². The molecule has 3 heterocycles. The molecular weight excluding hydrogens is 452 g/mol. The second-order valence-electron chi connectivity index (χ2n) is 9.32. The van der Waals surface area contributed by atoms with E-state index in [1.165, 1.54) is 5.56 Å². The molecule has 0 atom stereocenters. The first kappa shape index (κ1) is 24.0. The fourth-order valence-electron chi connectivity index (χ4n) is 4.97. The number of carbonyl (C=O) groups excluding carboxylic acids is 1. The van der Waals surface area contributed by atoms with Crippen LogP contribution in [-0.2, 0) is 19.5 Å². The van der Waals surface area contributed by atoms with Crippen LogP contribution >= 0.6 is 0 Å². The molecule has 0 spiro atoms. The molecule has 0 unspecified atom stereocenters. The topological polar surface area (TPSA) is 109 Å². The van der Waals surface area contributed by atoms with Crippen LogP contribution in [0.15, 0.2) is 54.6 Å². The predicted molar refractivity (Wildman–Crippen MR) is 141 cm³/mol. The van der Waals surface area contributed by atoms with Crippen molar-refractivity contribution in [2.24, 2.45) is 5.73 Å². The fraction of sp³-hybridized carbons (Fsp3) is 0.321. The average molecular weight is 485 g/mol. The molecule has 0 saturated heterocycles. The van der Waals surface area contributed by atoms with Gasteiger partial charge in [0.05, 0.1) is 11.2 Å². The Morgan fingerprint density at radius 3 is 2.72 bits per heavy atom. The molecule has 1 amide bonds. The Bertz CT molecular complexity index is 1380. The quantitative estimate of drug-likeness (QED) is 0.313. The van der Waals surface area contributed by atoms with Crippen LogP contribution in [0, 0.1) is 6.92 Å². The number of nitrogens with two attached hydrogens (primary N) is 1. The van der Waals surface area contributed by atoms with Gasteiger partial charge in [-0.05, 0) is 50.1 Å². The molecule has 4 aromatic rings. The number of aromatic nitrogens is 3. The Kier molecular flexibility index (Phi) is 6.97. The average Bonchev–Trinajstić information content (AvgIpc) is 3.23. The maximum atomic E-state index is 12.0. The third-order valence-corrected chi connectivity index (χ3v) is 6.81. The van der Waals surface area contributed by atoms with Crippen molar-refractivity contribution in [1.82, 2.24) is 19.4 Å². The standard InChI is InChI=1S/C28H32N6O2/c1-19-16-22-21(26(29)36)10-7-11-25(22)34(19)28-31-24-12-14-33(13-5-6-15-35)18-23(24)27(32-28)30-17-20-8-3-2-4-9-20/h2-4,7-11,16,35H,5-6,12-15,17-18H2,1H3,(H2,29,36)(H,30,31,32). The van der Waals surface area contributed by atoms with Gasteiger partial charge in [0.2, 0.25) is 11.9 Å². The summed E-state index contributed by atoms with van der Waals surface area (Å²) in [5, 5.41) is 13.5. The van der Waals surface area contributed by atoms with Gasteiger partial charge in [0.1, 0.15) is 5.82 Å². The van der Waals surface area contributed by atoms with E-state index in [2.05, 4.69) is 22.3 Å². The number of carbonyl (C=O) groups is 1. The van der Waals surface area contributed by atoms with Gasteiger partial charge in [-0.3, -0.25) is 14.3 Å². The van der Waals surface area contributed by atoms with Crippen LogP contribution in [0.25, 0.3) is 16.9 Å². The second-order valence-corrected chi connectivity index (χ2v) is 9.32. The van der Waals surface area contributed by atoms with E-state index in [9.17, 15) is 4.79 Å². The summed E-state index contributed by atoms with van der Waals surface area (Å²) < 4.78 is 2.00. The van der Waals surface area contributed by atoms with E-state index < -0.39 is 5.91 Å². The molecule has 5 rings (SSSR count). The molecule has 1 aliphatic heterocycles. The number of aliphatic hydroxyl groups excluding tert-OH is 1. The largest absolute Gasteiger partial charge is 0.396 e. The van der Waals surface area contributed by atoms with Crippen molar-refractivity contribution in [2.75, 3.05) is 25.0 Å². The van der Waals surface area contributed by atoms with E-state index >= 15 is 0 Å². The first-order valence-electron chi connectivity index (χ1n) is 12.5. The zero-order valence-electron chi connectivity index (χ0n) is 20.6. The lowest BCUT2D eigenvalue weighted by Gasteiger charge is -2.30. The second kappa shape index (κ2) is 10.5. The van der Waals surface area contributed by atoms with Gasteiger partial charge < -0.3 is 16.2 Å². The molecule has 8 nitrogen and oxygen atoms in total. The van der Waals surface area contributed by atoms with Crippen LogP contribution in [0.4, 0.5) is 5.82 Å². The highest BCUT2D eigenvalue weighted by molar-refractivity contribution is 6.06. The van der Waals surface area contributed by atoms with Crippen LogP contribution in [0.2, 0.25) is 0 Å². The third kappa shape index (κ3) is 4.82. The molecule has 8 heteroatoms. The molecule has 0 bridgehead atoms. The van der Waals surface area contributed by atoms with Crippen LogP contribution in [0.5, 0.6) is 0 Å². The Balaban J connectivity index is 1.56. The first-order valence-corrected chi connectivity index (χ1v) is 12.5. The summed E-state index contributed by atoms with van der Waals surface area (Å²) in [5.41, 5.74) is 11.3. The number of rotatable bonds is 9. The van der Waals surface area contributed by atoms with E-state index in [-0.39, 0.29) is 6.61 Å². The minimum atomic E-state index is -0.449. The molecule has 0 aliphatic carbocycles. The van der Waals surface area contributed by atoms with Gasteiger partial charge in [-0.15, -0.1) is 0 Å². The van der Waals surface area contributed by atoms with Crippen molar-refractivity contribution in [2.45, 2.75) is 39.3 Å². The highest BCUT2D eigenvalue weighted by Crippen LogP contribution is 2.30. The lowest BCUT2D eigenvalue weighted by atomic mass is 10.1. The van der Waals surface area contributed by atoms with Crippen molar-refractivity contribution in [3.05, 3.63) is 82.7 Å². The van der Waals surface area contributed by atoms with Gasteiger partial charge in [-0.25, -0.2) is 4.98 Å². The first-order chi connectivity index (χ1) is 17.5. The lowest BCUT2D eigenvalue weighted by Crippen LogP contribution is -2.33. The van der Waals surface area contributed by atoms with Gasteiger partial charge in [0.15, 0.2) is 0 Å². The van der Waals surface area contributed by atoms with E-state index in [1.807, 2.05) is 47.9 Å². The van der Waals surface area contributed by atoms with Gasteiger partial charge in [0.25, 0.3) is 0 Å². The number of amides is 1. The van der Waals surface area contributed by atoms with Gasteiger partial charge in [-0.2, -0.15) is 4.98 Å². The number of benzene rings is 2. The third-order valence-electron chi connectivity index (χ3n) is 6.81. The highest BCUT2D eigenvalue weighted by Gasteiger charge is 2.24. The number of fused-ring (bicyclic) bond motifs is 2. The van der Waals surface area contributed by atoms with E-state index in [0.29, 0.717) is 18.1 Å². The molecule has 0 saturated carbocycles. The summed E-state index contributed by atoms with van der Waals surface area (Å²) in [6, 6.07) is 17.8.